The first kappa shape index (κ1) is 23.6. The van der Waals surface area contributed by atoms with E-state index >= 15 is 0 Å². The van der Waals surface area contributed by atoms with Gasteiger partial charge in [0, 0.05) is 11.3 Å². The molecule has 34 heavy (non-hydrogen) atoms. The van der Waals surface area contributed by atoms with Crippen molar-refractivity contribution in [3.05, 3.63) is 102 Å². The van der Waals surface area contributed by atoms with Gasteiger partial charge in [-0.2, -0.15) is 0 Å². The Hall–Kier alpha value is -3.53. The molecule has 1 saturated heterocycles. The van der Waals surface area contributed by atoms with E-state index in [0.29, 0.717) is 17.5 Å². The lowest BCUT2D eigenvalue weighted by atomic mass is 10.0. The van der Waals surface area contributed by atoms with E-state index in [1.807, 2.05) is 43.3 Å². The minimum atomic E-state index is -1.21. The van der Waals surface area contributed by atoms with Crippen LogP contribution in [0.15, 0.2) is 89.8 Å². The summed E-state index contributed by atoms with van der Waals surface area (Å²) >= 11 is 1.52. The minimum Gasteiger partial charge on any atom is -0.458 e. The van der Waals surface area contributed by atoms with Crippen LogP contribution < -0.4 is 0 Å². The van der Waals surface area contributed by atoms with Gasteiger partial charge in [0.1, 0.15) is 6.61 Å². The lowest BCUT2D eigenvalue weighted by Crippen LogP contribution is -2.35. The van der Waals surface area contributed by atoms with Crippen molar-refractivity contribution in [3.63, 3.8) is 0 Å². The van der Waals surface area contributed by atoms with Gasteiger partial charge in [-0.25, -0.2) is 9.59 Å². The predicted molar refractivity (Wildman–Crippen MR) is 130 cm³/mol. The first-order valence-corrected chi connectivity index (χ1v) is 11.7. The molecule has 172 valence electrons. The van der Waals surface area contributed by atoms with Crippen LogP contribution in [0.1, 0.15) is 32.7 Å². The van der Waals surface area contributed by atoms with Crippen molar-refractivity contribution < 1.29 is 23.8 Å². The quantitative estimate of drug-likeness (QED) is 0.344. The summed E-state index contributed by atoms with van der Waals surface area (Å²) in [5, 5.41) is -0.290. The van der Waals surface area contributed by atoms with E-state index in [1.54, 1.807) is 48.5 Å². The Morgan fingerprint density at radius 3 is 2.15 bits per heavy atom. The zero-order valence-corrected chi connectivity index (χ0v) is 19.5. The maximum atomic E-state index is 12.7. The molecule has 4 rings (SSSR count). The number of aryl methyl sites for hydroxylation is 1. The third-order valence-electron chi connectivity index (χ3n) is 5.43. The number of terminal acetylenes is 1. The summed E-state index contributed by atoms with van der Waals surface area (Å²) in [6.45, 7) is 1.86. The van der Waals surface area contributed by atoms with Crippen molar-refractivity contribution >= 4 is 23.7 Å². The third kappa shape index (κ3) is 5.69. The van der Waals surface area contributed by atoms with Crippen molar-refractivity contribution in [2.45, 2.75) is 35.4 Å². The normalized spacial score (nSPS) is 21.4. The van der Waals surface area contributed by atoms with E-state index in [2.05, 4.69) is 5.92 Å². The second kappa shape index (κ2) is 10.6. The zero-order valence-electron chi connectivity index (χ0n) is 18.7. The highest BCUT2D eigenvalue weighted by atomic mass is 32.2. The summed E-state index contributed by atoms with van der Waals surface area (Å²) in [4.78, 5) is 26.2. The molecule has 0 radical (unpaired) electrons. The molecular formula is C28H24O5S. The Balaban J connectivity index is 1.52. The van der Waals surface area contributed by atoms with Crippen LogP contribution in [0.3, 0.4) is 0 Å². The van der Waals surface area contributed by atoms with E-state index < -0.39 is 23.8 Å². The Morgan fingerprint density at radius 2 is 1.56 bits per heavy atom. The van der Waals surface area contributed by atoms with Gasteiger partial charge in [0.25, 0.3) is 0 Å². The number of benzene rings is 3. The van der Waals surface area contributed by atoms with Crippen molar-refractivity contribution in [2.24, 2.45) is 0 Å². The number of carbonyl (C=O) groups excluding carboxylic acids is 2. The van der Waals surface area contributed by atoms with Crippen LogP contribution in [-0.4, -0.2) is 35.7 Å². The highest BCUT2D eigenvalue weighted by Crippen LogP contribution is 2.41. The number of thioether (sulfide) groups is 1. The van der Waals surface area contributed by atoms with Crippen LogP contribution in [0.25, 0.3) is 0 Å². The summed E-state index contributed by atoms with van der Waals surface area (Å²) < 4.78 is 17.3. The van der Waals surface area contributed by atoms with Gasteiger partial charge in [0.15, 0.2) is 5.60 Å². The summed E-state index contributed by atoms with van der Waals surface area (Å²) in [7, 11) is 0. The Labute approximate surface area is 203 Å². The molecule has 3 atom stereocenters. The van der Waals surface area contributed by atoms with E-state index in [1.165, 1.54) is 11.8 Å². The van der Waals surface area contributed by atoms with Gasteiger partial charge in [-0.05, 0) is 43.3 Å². The fourth-order valence-corrected chi connectivity index (χ4v) is 4.79. The maximum absolute atomic E-state index is 12.7. The summed E-state index contributed by atoms with van der Waals surface area (Å²) in [5.74, 6) is 1.65. The van der Waals surface area contributed by atoms with Crippen molar-refractivity contribution in [1.82, 2.24) is 0 Å². The highest BCUT2D eigenvalue weighted by Gasteiger charge is 2.49. The van der Waals surface area contributed by atoms with Gasteiger partial charge in [0.05, 0.1) is 16.4 Å². The van der Waals surface area contributed by atoms with Crippen LogP contribution in [0, 0.1) is 19.3 Å². The molecular weight excluding hydrogens is 448 g/mol. The number of carbonyl (C=O) groups is 2. The molecule has 0 unspecified atom stereocenters. The monoisotopic (exact) mass is 472 g/mol. The van der Waals surface area contributed by atoms with E-state index in [9.17, 15) is 9.59 Å². The number of hydrogen-bond donors (Lipinski definition) is 0. The first-order chi connectivity index (χ1) is 16.5. The van der Waals surface area contributed by atoms with Crippen LogP contribution in [-0.2, 0) is 14.2 Å². The first-order valence-electron chi connectivity index (χ1n) is 10.9. The molecule has 1 aliphatic rings. The molecule has 3 aromatic rings. The topological polar surface area (TPSA) is 61.8 Å². The van der Waals surface area contributed by atoms with Crippen LogP contribution in [0.5, 0.6) is 0 Å². The maximum Gasteiger partial charge on any atom is 0.340 e. The molecule has 0 amide bonds. The molecule has 0 aliphatic carbocycles. The summed E-state index contributed by atoms with van der Waals surface area (Å²) in [5.41, 5.74) is 0.767. The average molecular weight is 473 g/mol. The van der Waals surface area contributed by atoms with Crippen molar-refractivity contribution in [2.75, 3.05) is 6.61 Å². The van der Waals surface area contributed by atoms with Crippen molar-refractivity contribution in [1.29, 1.82) is 0 Å². The largest absolute Gasteiger partial charge is 0.458 e. The molecule has 0 aromatic heterocycles. The lowest BCUT2D eigenvalue weighted by molar-refractivity contribution is -0.133. The SMILES string of the molecule is C#C[C@]1(COC(=O)c2ccccc2)C[C@H](Sc2ccc(C)cc2)[C@@H](OC(=O)c2ccccc2)O1. The number of ether oxygens (including phenoxy) is 3. The van der Waals surface area contributed by atoms with Gasteiger partial charge in [-0.15, -0.1) is 18.2 Å². The fourth-order valence-electron chi connectivity index (χ4n) is 3.57. The molecule has 1 aliphatic heterocycles. The van der Waals surface area contributed by atoms with Gasteiger partial charge < -0.3 is 14.2 Å². The van der Waals surface area contributed by atoms with Crippen LogP contribution >= 0.6 is 11.8 Å². The fraction of sp³-hybridized carbons (Fsp3) is 0.214. The number of hydrogen-bond acceptors (Lipinski definition) is 6. The molecule has 6 heteroatoms. The lowest BCUT2D eigenvalue weighted by Gasteiger charge is -2.23. The molecule has 1 fully saturated rings. The second-order valence-corrected chi connectivity index (χ2v) is 9.32. The molecule has 5 nitrogen and oxygen atoms in total. The third-order valence-corrected chi connectivity index (χ3v) is 6.66. The van der Waals surface area contributed by atoms with Crippen molar-refractivity contribution in [3.8, 4) is 12.3 Å². The van der Waals surface area contributed by atoms with Gasteiger partial charge in [-0.3, -0.25) is 0 Å². The number of rotatable bonds is 7. The van der Waals surface area contributed by atoms with Crippen LogP contribution in [0.2, 0.25) is 0 Å². The standard InChI is InChI=1S/C28H24O5S/c1-3-28(19-31-25(29)21-10-6-4-7-11-21)18-24(34-23-16-14-20(2)15-17-23)27(33-28)32-26(30)22-12-8-5-9-13-22/h1,4-17,24,27H,18-19H2,2H3/t24-,27-,28+/m0/s1. The summed E-state index contributed by atoms with van der Waals surface area (Å²) in [6.07, 6.45) is 5.29. The Kier molecular flexibility index (Phi) is 7.36. The number of esters is 2. The Morgan fingerprint density at radius 1 is 0.971 bits per heavy atom. The minimum absolute atomic E-state index is 0.151. The molecule has 0 bridgehead atoms. The molecule has 0 saturated carbocycles. The molecule has 1 heterocycles. The van der Waals surface area contributed by atoms with E-state index in [4.69, 9.17) is 20.6 Å². The Bertz CT molecular complexity index is 1170. The zero-order chi connectivity index (χ0) is 24.0. The smallest absolute Gasteiger partial charge is 0.340 e. The molecule has 0 N–H and O–H groups in total. The van der Waals surface area contributed by atoms with E-state index in [0.717, 1.165) is 10.5 Å². The second-order valence-electron chi connectivity index (χ2n) is 8.01. The summed E-state index contributed by atoms with van der Waals surface area (Å²) in [6, 6.07) is 25.4. The molecule has 0 spiro atoms. The van der Waals surface area contributed by atoms with E-state index in [-0.39, 0.29) is 11.9 Å². The van der Waals surface area contributed by atoms with Gasteiger partial charge >= 0.3 is 11.9 Å². The van der Waals surface area contributed by atoms with Gasteiger partial charge in [-0.1, -0.05) is 60.0 Å². The highest BCUT2D eigenvalue weighted by molar-refractivity contribution is 8.00. The molecule has 3 aromatic carbocycles. The van der Waals surface area contributed by atoms with Crippen LogP contribution in [0.4, 0.5) is 0 Å². The van der Waals surface area contributed by atoms with Gasteiger partial charge in [0.2, 0.25) is 6.29 Å². The predicted octanol–water partition coefficient (Wildman–Crippen LogP) is 5.29. The average Bonchev–Trinajstić information content (AvgIpc) is 3.22.